The van der Waals surface area contributed by atoms with Gasteiger partial charge in [0.05, 0.1) is 42.9 Å². The Balaban J connectivity index is 1.44. The Hall–Kier alpha value is -6.78. The van der Waals surface area contributed by atoms with Crippen LogP contribution in [0, 0.1) is 17.8 Å². The van der Waals surface area contributed by atoms with E-state index in [1.807, 2.05) is 95.9 Å². The number of nitrogens with two attached hydrogens (primary N) is 1. The molecule has 4 amide bonds. The van der Waals surface area contributed by atoms with E-state index < -0.39 is 65.4 Å². The fourth-order valence-corrected chi connectivity index (χ4v) is 9.28. The van der Waals surface area contributed by atoms with Gasteiger partial charge in [-0.05, 0) is 53.4 Å². The first kappa shape index (κ1) is 40.0. The third-order valence-corrected chi connectivity index (χ3v) is 11.6. The summed E-state index contributed by atoms with van der Waals surface area (Å²) in [5.41, 5.74) is 7.90. The molecular weight excluding hydrogens is 761 g/mol. The van der Waals surface area contributed by atoms with E-state index in [0.717, 1.165) is 16.0 Å². The number of hydrogen-bond acceptors (Lipinski definition) is 9. The Morgan fingerprint density at radius 3 is 2.17 bits per heavy atom. The van der Waals surface area contributed by atoms with Gasteiger partial charge < -0.3 is 30.7 Å². The average Bonchev–Trinajstić information content (AvgIpc) is 3.73. The number of hydrogen-bond donors (Lipinski definition) is 4. The number of nitrogens with one attached hydrogen (secondary N) is 1. The molecule has 7 atom stereocenters. The maximum absolute atomic E-state index is 16.1. The molecule has 3 aliphatic rings. The predicted octanol–water partition coefficient (Wildman–Crippen LogP) is 5.41. The Morgan fingerprint density at radius 2 is 1.50 bits per heavy atom. The zero-order valence-electron chi connectivity index (χ0n) is 32.8. The van der Waals surface area contributed by atoms with E-state index in [4.69, 9.17) is 15.2 Å². The minimum absolute atomic E-state index is 0.1000. The van der Waals surface area contributed by atoms with Gasteiger partial charge in [-0.2, -0.15) is 0 Å². The van der Waals surface area contributed by atoms with E-state index >= 15 is 4.79 Å². The van der Waals surface area contributed by atoms with Crippen molar-refractivity contribution in [2.75, 3.05) is 24.7 Å². The van der Waals surface area contributed by atoms with Crippen LogP contribution in [0.3, 0.4) is 0 Å². The van der Waals surface area contributed by atoms with Crippen molar-refractivity contribution in [1.29, 1.82) is 0 Å². The number of para-hydroxylation sites is 1. The number of urea groups is 1. The second kappa shape index (κ2) is 16.8. The lowest BCUT2D eigenvalue weighted by atomic mass is 9.65. The molecule has 1 spiro atoms. The van der Waals surface area contributed by atoms with E-state index in [1.54, 1.807) is 49.4 Å². The number of aliphatic hydroxyl groups is 2. The van der Waals surface area contributed by atoms with E-state index in [2.05, 4.69) is 17.2 Å². The number of morpholine rings is 1. The molecule has 304 valence electrons. The summed E-state index contributed by atoms with van der Waals surface area (Å²) in [6.45, 7) is 1.21. The second-order valence-electron chi connectivity index (χ2n) is 15.0. The molecule has 0 bridgehead atoms. The number of primary amides is 1. The van der Waals surface area contributed by atoms with Crippen LogP contribution in [-0.4, -0.2) is 64.8 Å². The van der Waals surface area contributed by atoms with Gasteiger partial charge in [-0.1, -0.05) is 121 Å². The van der Waals surface area contributed by atoms with Gasteiger partial charge in [0.2, 0.25) is 11.8 Å². The largest absolute Gasteiger partial charge is 0.491 e. The monoisotopic (exact) mass is 804 g/mol. The SMILES string of the molecule is C[C@@H](NC(=O)N1C(=O)[C@@]2(c3cc(C#CCCO)ccc31)[C@H](C(N)=O)[C@H]1C(=O)O[C@H](c3ccccc3)[C@H](c3ccccc3)N1[C@@H]2c1ccccc1OCCO)c1ccccc1. The van der Waals surface area contributed by atoms with Crippen LogP contribution in [0.1, 0.15) is 71.0 Å². The molecule has 0 radical (unpaired) electrons. The highest BCUT2D eigenvalue weighted by Gasteiger charge is 2.75. The topological polar surface area (TPSA) is 172 Å². The number of carbonyl (C=O) groups excluding carboxylic acids is 4. The first-order valence-electron chi connectivity index (χ1n) is 19.9. The smallest absolute Gasteiger partial charge is 0.329 e. The Kier molecular flexibility index (Phi) is 11.2. The molecule has 0 aliphatic carbocycles. The molecule has 0 saturated carbocycles. The lowest BCUT2D eigenvalue weighted by Gasteiger charge is -2.46. The van der Waals surface area contributed by atoms with Gasteiger partial charge in [-0.15, -0.1) is 0 Å². The molecule has 5 N–H and O–H groups in total. The lowest BCUT2D eigenvalue weighted by Crippen LogP contribution is -2.55. The normalized spacial score (nSPS) is 23.5. The van der Waals surface area contributed by atoms with Crippen LogP contribution in [-0.2, 0) is 24.5 Å². The number of amides is 4. The molecule has 5 aromatic rings. The van der Waals surface area contributed by atoms with E-state index in [0.29, 0.717) is 16.7 Å². The number of cyclic esters (lactones) is 1. The van der Waals surface area contributed by atoms with E-state index in [9.17, 15) is 24.6 Å². The van der Waals surface area contributed by atoms with Crippen LogP contribution in [0.4, 0.5) is 10.5 Å². The summed E-state index contributed by atoms with van der Waals surface area (Å²) in [5.74, 6) is 2.16. The van der Waals surface area contributed by atoms with Crippen molar-refractivity contribution in [1.82, 2.24) is 10.2 Å². The highest BCUT2D eigenvalue weighted by atomic mass is 16.6. The molecule has 0 aromatic heterocycles. The van der Waals surface area contributed by atoms with Crippen molar-refractivity contribution in [2.24, 2.45) is 11.7 Å². The number of ether oxygens (including phenoxy) is 2. The van der Waals surface area contributed by atoms with Gasteiger partial charge in [0.1, 0.15) is 29.9 Å². The minimum atomic E-state index is -2.07. The highest BCUT2D eigenvalue weighted by Crippen LogP contribution is 2.66. The summed E-state index contributed by atoms with van der Waals surface area (Å²) in [4.78, 5) is 63.1. The van der Waals surface area contributed by atoms with Crippen LogP contribution in [0.2, 0.25) is 0 Å². The Labute approximate surface area is 347 Å². The molecule has 0 unspecified atom stereocenters. The first-order valence-corrected chi connectivity index (χ1v) is 19.9. The maximum Gasteiger partial charge on any atom is 0.329 e. The lowest BCUT2D eigenvalue weighted by molar-refractivity contribution is -0.178. The van der Waals surface area contributed by atoms with Crippen LogP contribution >= 0.6 is 0 Å². The standard InChI is InChI=1S/C48H44N4O8/c1-30(32-16-5-2-6-17-32)50-47(58)51-37-25-24-31(15-13-14-26-53)29-36(37)48(46(51)57)39(44(49)55)41-45(56)60-42(34-20-9-4-10-21-34)40(33-18-7-3-8-19-33)52(41)43(48)35-22-11-12-23-38(35)59-28-27-54/h2-12,16-25,29-30,39-43,53-54H,14,26-28H2,1H3,(H2,49,55)(H,50,58)/t30-,39+,40+,41+,42-,43-,48+/m1/s1. The van der Waals surface area contributed by atoms with Crippen LogP contribution in [0.5, 0.6) is 5.75 Å². The number of benzene rings is 5. The fourth-order valence-electron chi connectivity index (χ4n) is 9.28. The molecular formula is C48H44N4O8. The Morgan fingerprint density at radius 1 is 0.850 bits per heavy atom. The van der Waals surface area contributed by atoms with Crippen LogP contribution in [0.25, 0.3) is 0 Å². The molecule has 12 nitrogen and oxygen atoms in total. The van der Waals surface area contributed by atoms with Crippen molar-refractivity contribution in [3.05, 3.63) is 167 Å². The number of fused-ring (bicyclic) bond motifs is 3. The molecule has 5 aromatic carbocycles. The van der Waals surface area contributed by atoms with E-state index in [1.165, 1.54) is 0 Å². The molecule has 2 saturated heterocycles. The van der Waals surface area contributed by atoms with E-state index in [-0.39, 0.29) is 43.2 Å². The fraction of sp³-hybridized carbons (Fsp3) is 0.250. The van der Waals surface area contributed by atoms with Crippen molar-refractivity contribution < 1.29 is 38.9 Å². The van der Waals surface area contributed by atoms with Crippen molar-refractivity contribution in [2.45, 2.75) is 49.0 Å². The molecule has 3 aliphatic heterocycles. The summed E-state index contributed by atoms with van der Waals surface area (Å²) < 4.78 is 12.6. The molecule has 8 rings (SSSR count). The zero-order chi connectivity index (χ0) is 42.0. The molecule has 3 heterocycles. The third kappa shape index (κ3) is 6.76. The number of esters is 1. The van der Waals surface area contributed by atoms with Gasteiger partial charge in [-0.25, -0.2) is 9.69 Å². The third-order valence-electron chi connectivity index (χ3n) is 11.6. The van der Waals surface area contributed by atoms with Crippen molar-refractivity contribution >= 4 is 29.5 Å². The van der Waals surface area contributed by atoms with Gasteiger partial charge in [0.15, 0.2) is 0 Å². The average molecular weight is 805 g/mol. The number of rotatable bonds is 10. The van der Waals surface area contributed by atoms with Gasteiger partial charge in [0, 0.05) is 17.5 Å². The minimum Gasteiger partial charge on any atom is -0.491 e. The summed E-state index contributed by atoms with van der Waals surface area (Å²) in [6, 6.07) is 35.1. The van der Waals surface area contributed by atoms with Crippen molar-refractivity contribution in [3.8, 4) is 17.6 Å². The molecule has 60 heavy (non-hydrogen) atoms. The van der Waals surface area contributed by atoms with Gasteiger partial charge in [0.25, 0.3) is 0 Å². The van der Waals surface area contributed by atoms with Crippen LogP contribution < -0.4 is 20.7 Å². The number of carbonyl (C=O) groups is 4. The predicted molar refractivity (Wildman–Crippen MR) is 222 cm³/mol. The molecule has 2 fully saturated rings. The van der Waals surface area contributed by atoms with Gasteiger partial charge >= 0.3 is 12.0 Å². The number of aliphatic hydroxyl groups excluding tert-OH is 2. The number of anilines is 1. The maximum atomic E-state index is 16.1. The quantitative estimate of drug-likeness (QED) is 0.106. The summed E-state index contributed by atoms with van der Waals surface area (Å²) in [6.07, 6.45) is -0.747. The van der Waals surface area contributed by atoms with Crippen molar-refractivity contribution in [3.63, 3.8) is 0 Å². The Bertz CT molecular complexity index is 2470. The van der Waals surface area contributed by atoms with Gasteiger partial charge in [-0.3, -0.25) is 19.3 Å². The van der Waals surface area contributed by atoms with Crippen LogP contribution in [0.15, 0.2) is 133 Å². The first-order chi connectivity index (χ1) is 29.2. The molecule has 12 heteroatoms. The zero-order valence-corrected chi connectivity index (χ0v) is 32.8. The summed E-state index contributed by atoms with van der Waals surface area (Å²) >= 11 is 0. The summed E-state index contributed by atoms with van der Waals surface area (Å²) in [5, 5.41) is 22.4. The summed E-state index contributed by atoms with van der Waals surface area (Å²) in [7, 11) is 0. The highest BCUT2D eigenvalue weighted by molar-refractivity contribution is 6.24. The number of imide groups is 1. The number of nitrogens with zero attached hydrogens (tertiary/aromatic N) is 2. The second-order valence-corrected chi connectivity index (χ2v) is 15.0.